The Morgan fingerprint density at radius 1 is 1.45 bits per heavy atom. The van der Waals surface area contributed by atoms with Crippen molar-refractivity contribution >= 4 is 10.0 Å². The third kappa shape index (κ3) is 3.37. The molecular formula is C14H19FN2O2S. The summed E-state index contributed by atoms with van der Waals surface area (Å²) in [5, 5.41) is 2.82. The van der Waals surface area contributed by atoms with Crippen molar-refractivity contribution in [3.8, 4) is 12.3 Å². The Balaban J connectivity index is 3.35. The molecule has 1 N–H and O–H groups in total. The van der Waals surface area contributed by atoms with E-state index in [1.807, 2.05) is 0 Å². The van der Waals surface area contributed by atoms with Gasteiger partial charge in [-0.25, -0.2) is 12.8 Å². The number of hydrogen-bond acceptors (Lipinski definition) is 3. The van der Waals surface area contributed by atoms with Crippen LogP contribution in [0.2, 0.25) is 0 Å². The highest BCUT2D eigenvalue weighted by Crippen LogP contribution is 2.22. The molecule has 0 amide bonds. The number of sulfonamides is 1. The van der Waals surface area contributed by atoms with Crippen LogP contribution in [0.15, 0.2) is 17.0 Å². The van der Waals surface area contributed by atoms with Crippen LogP contribution in [0.3, 0.4) is 0 Å². The predicted octanol–water partition coefficient (Wildman–Crippen LogP) is 1.50. The van der Waals surface area contributed by atoms with Gasteiger partial charge in [-0.1, -0.05) is 12.8 Å². The van der Waals surface area contributed by atoms with Crippen LogP contribution in [0.25, 0.3) is 0 Å². The standard InChI is InChI=1S/C14H19FN2O2S/c1-5-7-17(6-2)20(18,19)13-8-11(3)14(15)12(9-13)10-16-4/h1,8-9,16H,6-7,10H2,2-4H3. The van der Waals surface area contributed by atoms with Crippen molar-refractivity contribution in [2.75, 3.05) is 20.1 Å². The largest absolute Gasteiger partial charge is 0.316 e. The summed E-state index contributed by atoms with van der Waals surface area (Å²) >= 11 is 0. The summed E-state index contributed by atoms with van der Waals surface area (Å²) in [6.07, 6.45) is 5.19. The Morgan fingerprint density at radius 3 is 2.60 bits per heavy atom. The van der Waals surface area contributed by atoms with E-state index < -0.39 is 15.8 Å². The third-order valence-corrected chi connectivity index (χ3v) is 4.83. The monoisotopic (exact) mass is 298 g/mol. The molecule has 0 atom stereocenters. The fourth-order valence-electron chi connectivity index (χ4n) is 1.89. The van der Waals surface area contributed by atoms with Crippen LogP contribution in [-0.2, 0) is 16.6 Å². The Morgan fingerprint density at radius 2 is 2.10 bits per heavy atom. The van der Waals surface area contributed by atoms with Crippen LogP contribution in [0.4, 0.5) is 4.39 Å². The first-order valence-corrected chi connectivity index (χ1v) is 7.69. The molecule has 0 bridgehead atoms. The lowest BCUT2D eigenvalue weighted by molar-refractivity contribution is 0.463. The molecule has 4 nitrogen and oxygen atoms in total. The molecular weight excluding hydrogens is 279 g/mol. The van der Waals surface area contributed by atoms with E-state index >= 15 is 0 Å². The first-order chi connectivity index (χ1) is 9.38. The minimum atomic E-state index is -3.70. The molecule has 1 aromatic carbocycles. The zero-order valence-corrected chi connectivity index (χ0v) is 12.7. The molecule has 6 heteroatoms. The first kappa shape index (κ1) is 16.6. The topological polar surface area (TPSA) is 49.4 Å². The molecule has 0 spiro atoms. The highest BCUT2D eigenvalue weighted by molar-refractivity contribution is 7.89. The first-order valence-electron chi connectivity index (χ1n) is 6.25. The molecule has 0 fully saturated rings. The SMILES string of the molecule is C#CCN(CC)S(=O)(=O)c1cc(C)c(F)c(CNC)c1. The molecule has 0 aliphatic heterocycles. The molecule has 0 saturated carbocycles. The van der Waals surface area contributed by atoms with Gasteiger partial charge in [-0.15, -0.1) is 6.42 Å². The van der Waals surface area contributed by atoms with Gasteiger partial charge in [-0.2, -0.15) is 4.31 Å². The Kier molecular flexibility index (Phi) is 5.69. The molecule has 0 saturated heterocycles. The summed E-state index contributed by atoms with van der Waals surface area (Å²) in [6.45, 7) is 3.78. The van der Waals surface area contributed by atoms with Gasteiger partial charge in [0.15, 0.2) is 0 Å². The number of halogens is 1. The minimum absolute atomic E-state index is 0.00335. The Bertz CT molecular complexity index is 621. The van der Waals surface area contributed by atoms with Crippen LogP contribution in [0.1, 0.15) is 18.1 Å². The molecule has 1 rings (SSSR count). The van der Waals surface area contributed by atoms with Crippen molar-refractivity contribution < 1.29 is 12.8 Å². The number of hydrogen-bond donors (Lipinski definition) is 1. The predicted molar refractivity (Wildman–Crippen MR) is 77.2 cm³/mol. The van der Waals surface area contributed by atoms with Crippen LogP contribution in [-0.4, -0.2) is 32.9 Å². The number of benzene rings is 1. The van der Waals surface area contributed by atoms with Crippen LogP contribution >= 0.6 is 0 Å². The summed E-state index contributed by atoms with van der Waals surface area (Å²) in [4.78, 5) is 0.0683. The fourth-order valence-corrected chi connectivity index (χ4v) is 3.39. The second-order valence-corrected chi connectivity index (χ2v) is 6.32. The van der Waals surface area contributed by atoms with E-state index in [2.05, 4.69) is 11.2 Å². The smallest absolute Gasteiger partial charge is 0.243 e. The van der Waals surface area contributed by atoms with Crippen molar-refractivity contribution in [3.63, 3.8) is 0 Å². The summed E-state index contributed by atoms with van der Waals surface area (Å²) < 4.78 is 40.0. The van der Waals surface area contributed by atoms with E-state index in [1.54, 1.807) is 20.9 Å². The average molecular weight is 298 g/mol. The molecule has 1 aromatic rings. The number of aryl methyl sites for hydroxylation is 1. The fraction of sp³-hybridized carbons (Fsp3) is 0.429. The van der Waals surface area contributed by atoms with E-state index in [0.717, 1.165) is 0 Å². The Hall–Kier alpha value is -1.42. The number of rotatable bonds is 6. The van der Waals surface area contributed by atoms with Gasteiger partial charge in [0.05, 0.1) is 11.4 Å². The van der Waals surface area contributed by atoms with Crippen molar-refractivity contribution in [3.05, 3.63) is 29.1 Å². The second kappa shape index (κ2) is 6.84. The number of nitrogens with zero attached hydrogens (tertiary/aromatic N) is 1. The zero-order valence-electron chi connectivity index (χ0n) is 11.9. The minimum Gasteiger partial charge on any atom is -0.316 e. The summed E-state index contributed by atoms with van der Waals surface area (Å²) in [5.74, 6) is 1.93. The summed E-state index contributed by atoms with van der Waals surface area (Å²) in [6, 6.07) is 2.69. The van der Waals surface area contributed by atoms with Gasteiger partial charge in [-0.3, -0.25) is 0 Å². The molecule has 0 aliphatic carbocycles. The van der Waals surface area contributed by atoms with E-state index in [1.165, 1.54) is 16.4 Å². The molecule has 0 aliphatic rings. The third-order valence-electron chi connectivity index (χ3n) is 2.93. The molecule has 0 radical (unpaired) electrons. The van der Waals surface area contributed by atoms with Gasteiger partial charge in [0.2, 0.25) is 10.0 Å². The Labute approximate surface area is 120 Å². The average Bonchev–Trinajstić information content (AvgIpc) is 2.40. The maximum Gasteiger partial charge on any atom is 0.243 e. The van der Waals surface area contributed by atoms with Gasteiger partial charge in [0, 0.05) is 18.7 Å². The van der Waals surface area contributed by atoms with Crippen LogP contribution in [0, 0.1) is 25.1 Å². The van der Waals surface area contributed by atoms with E-state index in [-0.39, 0.29) is 24.5 Å². The molecule has 0 aromatic heterocycles. The maximum absolute atomic E-state index is 13.9. The second-order valence-electron chi connectivity index (χ2n) is 4.38. The molecule has 110 valence electrons. The lowest BCUT2D eigenvalue weighted by atomic mass is 10.1. The van der Waals surface area contributed by atoms with Crippen LogP contribution in [0.5, 0.6) is 0 Å². The zero-order chi connectivity index (χ0) is 15.3. The van der Waals surface area contributed by atoms with Gasteiger partial charge in [0.25, 0.3) is 0 Å². The number of nitrogens with one attached hydrogen (secondary N) is 1. The highest BCUT2D eigenvalue weighted by atomic mass is 32.2. The van der Waals surface area contributed by atoms with E-state index in [9.17, 15) is 12.8 Å². The van der Waals surface area contributed by atoms with E-state index in [0.29, 0.717) is 11.1 Å². The van der Waals surface area contributed by atoms with Gasteiger partial charge >= 0.3 is 0 Å². The van der Waals surface area contributed by atoms with Gasteiger partial charge < -0.3 is 5.32 Å². The van der Waals surface area contributed by atoms with Gasteiger partial charge in [0.1, 0.15) is 5.82 Å². The quantitative estimate of drug-likeness (QED) is 0.810. The van der Waals surface area contributed by atoms with Crippen molar-refractivity contribution in [2.45, 2.75) is 25.3 Å². The van der Waals surface area contributed by atoms with Crippen molar-refractivity contribution in [1.29, 1.82) is 0 Å². The summed E-state index contributed by atoms with van der Waals surface area (Å²) in [7, 11) is -2.02. The van der Waals surface area contributed by atoms with Crippen molar-refractivity contribution in [2.24, 2.45) is 0 Å². The molecule has 20 heavy (non-hydrogen) atoms. The lowest BCUT2D eigenvalue weighted by Crippen LogP contribution is -2.31. The number of terminal acetylenes is 1. The summed E-state index contributed by atoms with van der Waals surface area (Å²) in [5.41, 5.74) is 0.621. The molecule has 0 unspecified atom stereocenters. The van der Waals surface area contributed by atoms with Crippen LogP contribution < -0.4 is 5.32 Å². The van der Waals surface area contributed by atoms with Crippen molar-refractivity contribution in [1.82, 2.24) is 9.62 Å². The normalized spacial score (nSPS) is 11.6. The highest BCUT2D eigenvalue weighted by Gasteiger charge is 2.24. The van der Waals surface area contributed by atoms with Gasteiger partial charge in [-0.05, 0) is 31.7 Å². The maximum atomic E-state index is 13.9. The van der Waals surface area contributed by atoms with E-state index in [4.69, 9.17) is 6.42 Å². The lowest BCUT2D eigenvalue weighted by Gasteiger charge is -2.19. The molecule has 0 heterocycles.